The number of halogens is 1. The van der Waals surface area contributed by atoms with E-state index < -0.39 is 6.67 Å². The molecule has 3 saturated heterocycles. The lowest BCUT2D eigenvalue weighted by molar-refractivity contribution is -0.0547. The van der Waals surface area contributed by atoms with Crippen molar-refractivity contribution in [3.8, 4) is 0 Å². The van der Waals surface area contributed by atoms with Crippen LogP contribution in [-0.2, 0) is 27.3 Å². The molecule has 0 saturated carbocycles. The molecule has 0 unspecified atom stereocenters. The van der Waals surface area contributed by atoms with E-state index in [0.717, 1.165) is 62.8 Å². The van der Waals surface area contributed by atoms with E-state index in [1.54, 1.807) is 18.9 Å². The number of hydrogen-bond donors (Lipinski definition) is 1. The van der Waals surface area contributed by atoms with Crippen molar-refractivity contribution in [3.63, 3.8) is 0 Å². The first-order valence-corrected chi connectivity index (χ1v) is 16.6. The van der Waals surface area contributed by atoms with Gasteiger partial charge in [0.15, 0.2) is 5.82 Å². The van der Waals surface area contributed by atoms with Gasteiger partial charge in [-0.25, -0.2) is 14.4 Å². The predicted molar refractivity (Wildman–Crippen MR) is 162 cm³/mol. The summed E-state index contributed by atoms with van der Waals surface area (Å²) in [5, 5.41) is 3.73. The first kappa shape index (κ1) is 31.3. The van der Waals surface area contributed by atoms with Gasteiger partial charge in [0, 0.05) is 55.0 Å². The number of benzene rings is 1. The van der Waals surface area contributed by atoms with E-state index in [4.69, 9.17) is 14.2 Å². The third kappa shape index (κ3) is 7.69. The number of nitrogens with zero attached hydrogens (tertiary/aromatic N) is 3. The van der Waals surface area contributed by atoms with E-state index in [-0.39, 0.29) is 36.1 Å². The van der Waals surface area contributed by atoms with Crippen LogP contribution in [-0.4, -0.2) is 84.7 Å². The summed E-state index contributed by atoms with van der Waals surface area (Å²) in [6.45, 7) is 3.72. The van der Waals surface area contributed by atoms with E-state index in [0.29, 0.717) is 37.9 Å². The second-order valence-electron chi connectivity index (χ2n) is 11.7. The number of ether oxygens (including phenoxy) is 3. The minimum atomic E-state index is -0.792. The van der Waals surface area contributed by atoms with Gasteiger partial charge in [0.25, 0.3) is 5.91 Å². The van der Waals surface area contributed by atoms with Gasteiger partial charge in [0.1, 0.15) is 12.4 Å². The molecule has 10 heteroatoms. The molecule has 2 aromatic rings. The molecule has 0 radical (unpaired) electrons. The van der Waals surface area contributed by atoms with Crippen LogP contribution in [0.1, 0.15) is 84.2 Å². The molecule has 42 heavy (non-hydrogen) atoms. The van der Waals surface area contributed by atoms with Gasteiger partial charge in [0.05, 0.1) is 24.9 Å². The van der Waals surface area contributed by atoms with Crippen LogP contribution in [0.15, 0.2) is 29.2 Å². The summed E-state index contributed by atoms with van der Waals surface area (Å²) in [6.07, 6.45) is 9.47. The van der Waals surface area contributed by atoms with E-state index in [9.17, 15) is 9.18 Å². The number of nitrogens with one attached hydrogen (secondary N) is 1. The van der Waals surface area contributed by atoms with E-state index in [1.807, 2.05) is 11.8 Å². The molecule has 1 aromatic heterocycles. The fourth-order valence-corrected chi connectivity index (χ4v) is 6.84. The quantitative estimate of drug-likeness (QED) is 0.372. The van der Waals surface area contributed by atoms with Gasteiger partial charge in [-0.05, 0) is 82.2 Å². The Kier molecular flexibility index (Phi) is 11.2. The van der Waals surface area contributed by atoms with Gasteiger partial charge in [0.2, 0.25) is 0 Å². The summed E-state index contributed by atoms with van der Waals surface area (Å²) in [6, 6.07) is 9.21. The maximum Gasteiger partial charge on any atom is 0.272 e. The summed E-state index contributed by atoms with van der Waals surface area (Å²) in [5.41, 5.74) is 3.05. The largest absolute Gasteiger partial charge is 0.379 e. The van der Waals surface area contributed by atoms with E-state index >= 15 is 0 Å². The number of methoxy groups -OCH3 is 1. The molecule has 1 amide bonds. The molecule has 3 fully saturated rings. The molecular formula is C32H45FN4O4S. The SMILES string of the molecule is CO[C@H]1COCC[C@H]1NC1CCN(C(=O)c2nc(CF)nc(CC[C@H]3CCC[C@@H](c4ccc(SC)cc4)O3)c2C)CC1. The van der Waals surface area contributed by atoms with Crippen LogP contribution < -0.4 is 5.32 Å². The monoisotopic (exact) mass is 600 g/mol. The fraction of sp³-hybridized carbons (Fsp3) is 0.656. The lowest BCUT2D eigenvalue weighted by atomic mass is 9.95. The van der Waals surface area contributed by atoms with Crippen LogP contribution in [0.25, 0.3) is 0 Å². The van der Waals surface area contributed by atoms with Crippen molar-refractivity contribution in [2.75, 3.05) is 39.7 Å². The fourth-order valence-electron chi connectivity index (χ4n) is 6.44. The van der Waals surface area contributed by atoms with Gasteiger partial charge < -0.3 is 24.4 Å². The van der Waals surface area contributed by atoms with Gasteiger partial charge in [-0.1, -0.05) is 12.1 Å². The Morgan fingerprint density at radius 3 is 2.64 bits per heavy atom. The number of hydrogen-bond acceptors (Lipinski definition) is 8. The Labute approximate surface area is 253 Å². The minimum Gasteiger partial charge on any atom is -0.379 e. The third-order valence-corrected chi connectivity index (χ3v) is 9.74. The molecule has 5 rings (SSSR count). The highest BCUT2D eigenvalue weighted by atomic mass is 32.2. The van der Waals surface area contributed by atoms with Crippen LogP contribution >= 0.6 is 11.8 Å². The number of thioether (sulfide) groups is 1. The van der Waals surface area contributed by atoms with Crippen molar-refractivity contribution >= 4 is 17.7 Å². The average molecular weight is 601 g/mol. The summed E-state index contributed by atoms with van der Waals surface area (Å²) >= 11 is 1.74. The predicted octanol–water partition coefficient (Wildman–Crippen LogP) is 5.22. The Bertz CT molecular complexity index is 1180. The highest BCUT2D eigenvalue weighted by Gasteiger charge is 2.32. The smallest absolute Gasteiger partial charge is 0.272 e. The Morgan fingerprint density at radius 1 is 1.14 bits per heavy atom. The zero-order chi connectivity index (χ0) is 29.5. The Morgan fingerprint density at radius 2 is 1.93 bits per heavy atom. The number of amides is 1. The Hall–Kier alpha value is -2.11. The van der Waals surface area contributed by atoms with Gasteiger partial charge in [-0.15, -0.1) is 11.8 Å². The maximum absolute atomic E-state index is 13.8. The van der Waals surface area contributed by atoms with Crippen molar-refractivity contribution in [2.45, 2.75) is 100 Å². The van der Waals surface area contributed by atoms with Gasteiger partial charge >= 0.3 is 0 Å². The average Bonchev–Trinajstić information content (AvgIpc) is 3.04. The molecule has 4 atom stereocenters. The van der Waals surface area contributed by atoms with Gasteiger partial charge in [-0.2, -0.15) is 0 Å². The number of rotatable bonds is 10. The number of piperidine rings is 1. The molecule has 8 nitrogen and oxygen atoms in total. The molecule has 230 valence electrons. The molecule has 0 spiro atoms. The van der Waals surface area contributed by atoms with E-state index in [2.05, 4.69) is 45.8 Å². The molecule has 0 aliphatic carbocycles. The van der Waals surface area contributed by atoms with Crippen molar-refractivity contribution in [3.05, 3.63) is 52.6 Å². The number of aryl methyl sites for hydroxylation is 1. The zero-order valence-corrected chi connectivity index (χ0v) is 26.0. The van der Waals surface area contributed by atoms with Crippen LogP contribution in [0.4, 0.5) is 4.39 Å². The minimum absolute atomic E-state index is 0.0519. The standard InChI is InChI=1S/C32H45FN4O4S/c1-21-26(12-9-24-5-4-6-28(41-24)22-7-10-25(42-3)11-8-22)35-30(19-33)36-31(21)32(38)37-16-13-23(14-17-37)34-27-15-18-40-20-29(27)39-2/h7-8,10-11,23-24,27-29,34H,4-6,9,12-20H2,1-3H3/t24-,27-,28+,29+/m1/s1. The topological polar surface area (TPSA) is 85.8 Å². The summed E-state index contributed by atoms with van der Waals surface area (Å²) in [4.78, 5) is 25.6. The number of aromatic nitrogens is 2. The maximum atomic E-state index is 13.8. The van der Waals surface area contributed by atoms with Crippen LogP contribution in [0.3, 0.4) is 0 Å². The molecule has 4 heterocycles. The van der Waals surface area contributed by atoms with Crippen molar-refractivity contribution in [2.24, 2.45) is 0 Å². The number of carbonyl (C=O) groups excluding carboxylic acids is 1. The number of carbonyl (C=O) groups is 1. The highest BCUT2D eigenvalue weighted by Crippen LogP contribution is 2.34. The second-order valence-corrected chi connectivity index (χ2v) is 12.5. The normalized spacial score (nSPS) is 25.5. The number of alkyl halides is 1. The van der Waals surface area contributed by atoms with E-state index in [1.165, 1.54) is 10.5 Å². The summed E-state index contributed by atoms with van der Waals surface area (Å²) in [5.74, 6) is -0.0512. The first-order chi connectivity index (χ1) is 20.5. The molecule has 3 aliphatic rings. The lowest BCUT2D eigenvalue weighted by Crippen LogP contribution is -2.54. The van der Waals surface area contributed by atoms with Crippen molar-refractivity contribution in [1.82, 2.24) is 20.2 Å². The van der Waals surface area contributed by atoms with Crippen molar-refractivity contribution in [1.29, 1.82) is 0 Å². The molecule has 1 N–H and O–H groups in total. The number of likely N-dealkylation sites (tertiary alicyclic amines) is 1. The zero-order valence-electron chi connectivity index (χ0n) is 25.1. The molecule has 1 aromatic carbocycles. The first-order valence-electron chi connectivity index (χ1n) is 15.4. The lowest BCUT2D eigenvalue weighted by Gasteiger charge is -2.38. The summed E-state index contributed by atoms with van der Waals surface area (Å²) < 4.78 is 31.5. The third-order valence-electron chi connectivity index (χ3n) is 8.99. The summed E-state index contributed by atoms with van der Waals surface area (Å²) in [7, 11) is 1.73. The second kappa shape index (κ2) is 15.1. The molecule has 0 bridgehead atoms. The molecular weight excluding hydrogens is 555 g/mol. The highest BCUT2D eigenvalue weighted by molar-refractivity contribution is 7.98. The van der Waals surface area contributed by atoms with Crippen LogP contribution in [0.2, 0.25) is 0 Å². The van der Waals surface area contributed by atoms with Crippen LogP contribution in [0.5, 0.6) is 0 Å². The Balaban J connectivity index is 1.18. The van der Waals surface area contributed by atoms with Gasteiger partial charge in [-0.3, -0.25) is 4.79 Å². The molecule has 3 aliphatic heterocycles. The van der Waals surface area contributed by atoms with Crippen LogP contribution in [0, 0.1) is 6.92 Å². The van der Waals surface area contributed by atoms with Crippen molar-refractivity contribution < 1.29 is 23.4 Å².